The summed E-state index contributed by atoms with van der Waals surface area (Å²) in [6, 6.07) is 28.6. The molecule has 2 saturated heterocycles. The number of carbonyl (C=O) groups excluding carboxylic acids is 3. The zero-order valence-electron chi connectivity index (χ0n) is 24.5. The number of hydrogen-bond acceptors (Lipinski definition) is 7. The minimum Gasteiger partial charge on any atom is -0.448 e. The van der Waals surface area contributed by atoms with Gasteiger partial charge in [0.25, 0.3) is 0 Å². The molecule has 224 valence electrons. The molecule has 0 bridgehead atoms. The Morgan fingerprint density at radius 2 is 1.61 bits per heavy atom. The van der Waals surface area contributed by atoms with E-state index in [4.69, 9.17) is 9.57 Å². The van der Waals surface area contributed by atoms with Gasteiger partial charge in [0.05, 0.1) is 17.3 Å². The maximum atomic E-state index is 14.2. The van der Waals surface area contributed by atoms with Crippen molar-refractivity contribution in [3.05, 3.63) is 143 Å². The van der Waals surface area contributed by atoms with Gasteiger partial charge in [0.1, 0.15) is 17.2 Å². The molecule has 6 rings (SSSR count). The Morgan fingerprint density at radius 1 is 1.00 bits per heavy atom. The predicted octanol–water partition coefficient (Wildman–Crippen LogP) is 6.01. The lowest BCUT2D eigenvalue weighted by Crippen LogP contribution is -2.62. The van der Waals surface area contributed by atoms with Gasteiger partial charge in [-0.1, -0.05) is 110 Å². The van der Waals surface area contributed by atoms with Crippen molar-refractivity contribution in [1.82, 2.24) is 9.96 Å². The topological polar surface area (TPSA) is 76.2 Å². The van der Waals surface area contributed by atoms with Crippen molar-refractivity contribution in [2.45, 2.75) is 36.8 Å². The van der Waals surface area contributed by atoms with E-state index >= 15 is 0 Å². The summed E-state index contributed by atoms with van der Waals surface area (Å²) in [7, 11) is 1.84. The number of hydroxylamine groups is 2. The fraction of sp³-hybridized carbons (Fsp3) is 0.250. The number of thioether (sulfide) groups is 1. The fourth-order valence-electron chi connectivity index (χ4n) is 5.87. The smallest absolute Gasteiger partial charge is 0.356 e. The largest absolute Gasteiger partial charge is 0.448 e. The molecule has 0 aliphatic carbocycles. The summed E-state index contributed by atoms with van der Waals surface area (Å²) in [6.45, 7) is 3.91. The second-order valence-electron chi connectivity index (χ2n) is 11.2. The Kier molecular flexibility index (Phi) is 8.82. The first-order valence-electron chi connectivity index (χ1n) is 14.7. The molecule has 3 aromatic carbocycles. The molecule has 3 heterocycles. The summed E-state index contributed by atoms with van der Waals surface area (Å²) in [5.41, 5.74) is 3.51. The molecule has 3 aromatic rings. The SMILES string of the molecule is C=C1CC(/C=C/C2=C(C(=O)OC(c3ccccc3)c3ccccc3)N3C(=O)[C@@H](CC(=O)Cc4ccccc4)C3SC2)N(C)O1. The maximum Gasteiger partial charge on any atom is 0.356 e. The van der Waals surface area contributed by atoms with Crippen LogP contribution in [-0.4, -0.2) is 51.8 Å². The number of rotatable bonds is 10. The number of ether oxygens (including phenoxy) is 1. The van der Waals surface area contributed by atoms with Crippen LogP contribution in [0.25, 0.3) is 0 Å². The molecule has 7 nitrogen and oxygen atoms in total. The van der Waals surface area contributed by atoms with E-state index in [0.717, 1.165) is 16.7 Å². The Balaban J connectivity index is 1.28. The van der Waals surface area contributed by atoms with Crippen LogP contribution in [0, 0.1) is 5.92 Å². The van der Waals surface area contributed by atoms with Gasteiger partial charge in [-0.05, 0) is 22.3 Å². The number of allylic oxidation sites excluding steroid dienone is 1. The zero-order chi connectivity index (χ0) is 30.6. The van der Waals surface area contributed by atoms with E-state index in [2.05, 4.69) is 6.58 Å². The van der Waals surface area contributed by atoms with Crippen LogP contribution in [0.4, 0.5) is 0 Å². The molecule has 3 aliphatic heterocycles. The summed E-state index contributed by atoms with van der Waals surface area (Å²) in [6.07, 6.45) is 4.25. The fourth-order valence-corrected chi connectivity index (χ4v) is 7.26. The van der Waals surface area contributed by atoms with Crippen molar-refractivity contribution in [3.63, 3.8) is 0 Å². The molecule has 8 heteroatoms. The highest BCUT2D eigenvalue weighted by atomic mass is 32.2. The summed E-state index contributed by atoms with van der Waals surface area (Å²) in [5.74, 6) is -0.114. The van der Waals surface area contributed by atoms with Crippen LogP contribution in [0.15, 0.2) is 127 Å². The quantitative estimate of drug-likeness (QED) is 0.207. The van der Waals surface area contributed by atoms with E-state index in [1.165, 1.54) is 4.90 Å². The number of benzene rings is 3. The number of esters is 1. The molecule has 0 saturated carbocycles. The van der Waals surface area contributed by atoms with E-state index in [-0.39, 0.29) is 41.6 Å². The Bertz CT molecular complexity index is 1570. The average Bonchev–Trinajstić information content (AvgIpc) is 3.38. The van der Waals surface area contributed by atoms with Crippen LogP contribution in [0.1, 0.15) is 35.6 Å². The highest BCUT2D eigenvalue weighted by Crippen LogP contribution is 2.46. The molecule has 0 aromatic heterocycles. The third-order valence-electron chi connectivity index (χ3n) is 8.12. The summed E-state index contributed by atoms with van der Waals surface area (Å²) >= 11 is 1.57. The number of fused-ring (bicyclic) bond motifs is 1. The van der Waals surface area contributed by atoms with Crippen molar-refractivity contribution in [3.8, 4) is 0 Å². The Hall–Kier alpha value is -4.40. The van der Waals surface area contributed by atoms with Crippen molar-refractivity contribution < 1.29 is 24.0 Å². The highest BCUT2D eigenvalue weighted by Gasteiger charge is 2.54. The molecule has 3 atom stereocenters. The van der Waals surface area contributed by atoms with Gasteiger partial charge in [-0.2, -0.15) is 0 Å². The van der Waals surface area contributed by atoms with Crippen LogP contribution >= 0.6 is 11.8 Å². The lowest BCUT2D eigenvalue weighted by atomic mass is 9.89. The number of hydrogen-bond donors (Lipinski definition) is 0. The molecule has 0 radical (unpaired) electrons. The van der Waals surface area contributed by atoms with E-state index in [1.807, 2.05) is 110 Å². The van der Waals surface area contributed by atoms with Crippen molar-refractivity contribution >= 4 is 29.4 Å². The average molecular weight is 607 g/mol. The summed E-state index contributed by atoms with van der Waals surface area (Å²) in [4.78, 5) is 47.9. The molecule has 1 amide bonds. The van der Waals surface area contributed by atoms with Gasteiger partial charge >= 0.3 is 5.97 Å². The first kappa shape index (κ1) is 29.7. The first-order chi connectivity index (χ1) is 21.4. The molecular weight excluding hydrogens is 572 g/mol. The number of likely N-dealkylation sites (N-methyl/N-ethyl adjacent to an activating group) is 1. The lowest BCUT2D eigenvalue weighted by Gasteiger charge is -2.49. The number of ketones is 1. The third-order valence-corrected chi connectivity index (χ3v) is 9.48. The van der Waals surface area contributed by atoms with Crippen molar-refractivity contribution in [1.29, 1.82) is 0 Å². The van der Waals surface area contributed by atoms with Crippen molar-refractivity contribution in [2.75, 3.05) is 12.8 Å². The molecular formula is C36H34N2O5S. The first-order valence-corrected chi connectivity index (χ1v) is 15.7. The molecule has 2 fully saturated rings. The molecule has 3 aliphatic rings. The van der Waals surface area contributed by atoms with Gasteiger partial charge in [0.2, 0.25) is 5.91 Å². The van der Waals surface area contributed by atoms with Crippen molar-refractivity contribution in [2.24, 2.45) is 5.92 Å². The number of nitrogens with zero attached hydrogens (tertiary/aromatic N) is 2. The second-order valence-corrected chi connectivity index (χ2v) is 12.3. The van der Waals surface area contributed by atoms with E-state index < -0.39 is 18.0 Å². The van der Waals surface area contributed by atoms with Gasteiger partial charge in [-0.3, -0.25) is 14.5 Å². The van der Waals surface area contributed by atoms with Gasteiger partial charge in [-0.25, -0.2) is 4.79 Å². The summed E-state index contributed by atoms with van der Waals surface area (Å²) < 4.78 is 6.25. The van der Waals surface area contributed by atoms with Crippen LogP contribution < -0.4 is 0 Å². The number of amides is 1. The Labute approximate surface area is 261 Å². The number of β-lactam (4-membered cyclic amide) rings is 1. The predicted molar refractivity (Wildman–Crippen MR) is 170 cm³/mol. The van der Waals surface area contributed by atoms with Gasteiger partial charge < -0.3 is 9.57 Å². The minimum absolute atomic E-state index is 0.00585. The monoisotopic (exact) mass is 606 g/mol. The normalized spacial score (nSPS) is 21.8. The van der Waals surface area contributed by atoms with Crippen LogP contribution in [0.3, 0.4) is 0 Å². The molecule has 0 N–H and O–H groups in total. The van der Waals surface area contributed by atoms with Gasteiger partial charge in [0.15, 0.2) is 6.10 Å². The van der Waals surface area contributed by atoms with Crippen LogP contribution in [0.2, 0.25) is 0 Å². The van der Waals surface area contributed by atoms with E-state index in [1.54, 1.807) is 16.8 Å². The highest BCUT2D eigenvalue weighted by molar-refractivity contribution is 8.00. The zero-order valence-corrected chi connectivity index (χ0v) is 25.3. The Morgan fingerprint density at radius 3 is 2.20 bits per heavy atom. The standard InChI is InChI=1S/C36H34N2O5S/c1-24-20-29(37(2)43-24)19-18-28-23-44-35-31(22-30(39)21-25-12-6-3-7-13-25)34(40)38(35)32(28)36(41)42-33(26-14-8-4-9-15-26)27-16-10-5-11-17-27/h3-19,29,31,33,35H,1,20-23H2,2H3/b19-18+/t29?,31-,35?/m1/s1. The number of carbonyl (C=O) groups is 3. The maximum absolute atomic E-state index is 14.2. The molecule has 2 unspecified atom stereocenters. The van der Waals surface area contributed by atoms with Crippen LogP contribution in [0.5, 0.6) is 0 Å². The third kappa shape index (κ3) is 6.27. The minimum atomic E-state index is -0.659. The number of Topliss-reactive ketones (excluding diaryl/α,β-unsaturated/α-hetero) is 1. The second kappa shape index (κ2) is 13.1. The molecule has 0 spiro atoms. The lowest BCUT2D eigenvalue weighted by molar-refractivity contribution is -0.157. The molecule has 44 heavy (non-hydrogen) atoms. The van der Waals surface area contributed by atoms with E-state index in [0.29, 0.717) is 23.5 Å². The summed E-state index contributed by atoms with van der Waals surface area (Å²) in [5, 5.41) is 1.41. The van der Waals surface area contributed by atoms with Gasteiger partial charge in [0, 0.05) is 32.1 Å². The van der Waals surface area contributed by atoms with Crippen LogP contribution in [-0.2, 0) is 30.4 Å². The van der Waals surface area contributed by atoms with E-state index in [9.17, 15) is 14.4 Å². The van der Waals surface area contributed by atoms with Gasteiger partial charge in [-0.15, -0.1) is 16.8 Å².